The summed E-state index contributed by atoms with van der Waals surface area (Å²) < 4.78 is 37.3. The summed E-state index contributed by atoms with van der Waals surface area (Å²) in [6.07, 6.45) is 2.50. The highest BCUT2D eigenvalue weighted by Crippen LogP contribution is 2.21. The summed E-state index contributed by atoms with van der Waals surface area (Å²) in [7, 11) is -2.24. The minimum atomic E-state index is -3.83. The van der Waals surface area contributed by atoms with E-state index in [-0.39, 0.29) is 17.4 Å². The Bertz CT molecular complexity index is 961. The van der Waals surface area contributed by atoms with Crippen molar-refractivity contribution in [3.63, 3.8) is 0 Å². The molecule has 0 saturated carbocycles. The van der Waals surface area contributed by atoms with Crippen molar-refractivity contribution in [3.05, 3.63) is 35.8 Å². The maximum absolute atomic E-state index is 11.9. The summed E-state index contributed by atoms with van der Waals surface area (Å²) in [6.45, 7) is -0.769. The lowest BCUT2D eigenvalue weighted by molar-refractivity contribution is -0.144. The second-order valence-corrected chi connectivity index (χ2v) is 7.54. The van der Waals surface area contributed by atoms with Gasteiger partial charge in [-0.3, -0.25) is 9.48 Å². The molecule has 1 N–H and O–H groups in total. The molecular weight excluding hydrogens is 370 g/mol. The quantitative estimate of drug-likeness (QED) is 0.586. The predicted molar refractivity (Wildman–Crippen MR) is 85.8 cm³/mol. The normalized spacial score (nSPS) is 11.6. The van der Waals surface area contributed by atoms with Gasteiger partial charge in [-0.05, 0) is 11.4 Å². The molecule has 25 heavy (non-hydrogen) atoms. The molecule has 10 nitrogen and oxygen atoms in total. The highest BCUT2D eigenvalue weighted by molar-refractivity contribution is 7.89. The van der Waals surface area contributed by atoms with Gasteiger partial charge in [0.1, 0.15) is 11.4 Å². The van der Waals surface area contributed by atoms with Crippen molar-refractivity contribution in [2.45, 2.75) is 11.5 Å². The lowest BCUT2D eigenvalue weighted by Crippen LogP contribution is -2.30. The molecule has 0 fully saturated rings. The molecule has 0 atom stereocenters. The number of aromatic nitrogens is 4. The molecule has 3 aromatic rings. The lowest BCUT2D eigenvalue weighted by atomic mass is 10.4. The third kappa shape index (κ3) is 4.29. The van der Waals surface area contributed by atoms with Gasteiger partial charge in [0.15, 0.2) is 6.61 Å². The van der Waals surface area contributed by atoms with Gasteiger partial charge in [0.05, 0.1) is 11.1 Å². The molecule has 0 spiro atoms. The third-order valence-corrected chi connectivity index (χ3v) is 5.19. The number of hydrogen-bond acceptors (Lipinski definition) is 9. The van der Waals surface area contributed by atoms with Gasteiger partial charge in [-0.2, -0.15) is 14.8 Å². The summed E-state index contributed by atoms with van der Waals surface area (Å²) in [5, 5.41) is 9.41. The van der Waals surface area contributed by atoms with Crippen molar-refractivity contribution >= 4 is 27.3 Å². The van der Waals surface area contributed by atoms with E-state index < -0.39 is 22.5 Å². The van der Waals surface area contributed by atoms with Crippen LogP contribution in [0.25, 0.3) is 10.7 Å². The fourth-order valence-corrected chi connectivity index (χ4v) is 3.39. The van der Waals surface area contributed by atoms with Gasteiger partial charge in [-0.15, -0.1) is 11.3 Å². The maximum Gasteiger partial charge on any atom is 0.321 e. The first-order valence-corrected chi connectivity index (χ1v) is 9.31. The maximum atomic E-state index is 11.9. The molecule has 0 unspecified atom stereocenters. The number of nitrogens with one attached hydrogen (secondary N) is 1. The zero-order valence-corrected chi connectivity index (χ0v) is 14.6. The van der Waals surface area contributed by atoms with Gasteiger partial charge >= 0.3 is 5.97 Å². The van der Waals surface area contributed by atoms with Gasteiger partial charge in [-0.25, -0.2) is 8.42 Å². The van der Waals surface area contributed by atoms with Crippen LogP contribution in [0.3, 0.4) is 0 Å². The lowest BCUT2D eigenvalue weighted by Gasteiger charge is -2.04. The zero-order valence-electron chi connectivity index (χ0n) is 12.9. The number of thiophene rings is 1. The van der Waals surface area contributed by atoms with Gasteiger partial charge in [0.25, 0.3) is 5.89 Å². The molecule has 3 heterocycles. The Morgan fingerprint density at radius 2 is 2.32 bits per heavy atom. The Morgan fingerprint density at radius 3 is 3.00 bits per heavy atom. The van der Waals surface area contributed by atoms with E-state index in [2.05, 4.69) is 20.0 Å². The van der Waals surface area contributed by atoms with Crippen molar-refractivity contribution in [2.24, 2.45) is 7.05 Å². The molecule has 0 bridgehead atoms. The summed E-state index contributed by atoms with van der Waals surface area (Å²) in [5.74, 6) is -0.256. The van der Waals surface area contributed by atoms with Crippen molar-refractivity contribution in [2.75, 3.05) is 6.54 Å². The molecular formula is C13H13N5O5S2. The number of aryl methyl sites for hydroxylation is 1. The molecule has 0 aliphatic rings. The topological polar surface area (TPSA) is 129 Å². The van der Waals surface area contributed by atoms with E-state index in [9.17, 15) is 13.2 Å². The van der Waals surface area contributed by atoms with Crippen LogP contribution in [0.15, 0.2) is 39.3 Å². The minimum Gasteiger partial charge on any atom is -0.455 e. The van der Waals surface area contributed by atoms with Crippen LogP contribution in [-0.4, -0.2) is 40.9 Å². The van der Waals surface area contributed by atoms with E-state index in [1.54, 1.807) is 7.05 Å². The molecule has 3 aromatic heterocycles. The van der Waals surface area contributed by atoms with Crippen LogP contribution in [0.1, 0.15) is 5.89 Å². The number of hydrogen-bond donors (Lipinski definition) is 1. The molecule has 0 radical (unpaired) electrons. The minimum absolute atomic E-state index is 0.0414. The molecule has 0 aliphatic heterocycles. The number of sulfonamides is 1. The number of ether oxygens (including phenoxy) is 1. The Morgan fingerprint density at radius 1 is 1.48 bits per heavy atom. The van der Waals surface area contributed by atoms with Crippen LogP contribution in [0.2, 0.25) is 0 Å². The van der Waals surface area contributed by atoms with Crippen molar-refractivity contribution in [3.8, 4) is 10.7 Å². The Labute approximate surface area is 146 Å². The second kappa shape index (κ2) is 7.13. The average molecular weight is 383 g/mol. The van der Waals surface area contributed by atoms with Gasteiger partial charge in [0, 0.05) is 13.2 Å². The van der Waals surface area contributed by atoms with E-state index in [0.717, 1.165) is 4.88 Å². The predicted octanol–water partition coefficient (Wildman–Crippen LogP) is 0.553. The fraction of sp³-hybridized carbons (Fsp3) is 0.231. The third-order valence-electron chi connectivity index (χ3n) is 2.96. The van der Waals surface area contributed by atoms with Crippen molar-refractivity contribution in [1.29, 1.82) is 0 Å². The fourth-order valence-electron chi connectivity index (χ4n) is 1.79. The van der Waals surface area contributed by atoms with E-state index in [4.69, 9.17) is 9.26 Å². The summed E-state index contributed by atoms with van der Waals surface area (Å²) >= 11 is 1.45. The van der Waals surface area contributed by atoms with Crippen LogP contribution in [0.5, 0.6) is 0 Å². The smallest absolute Gasteiger partial charge is 0.321 e. The molecule has 3 rings (SSSR count). The Hall–Kier alpha value is -2.57. The Kier molecular flexibility index (Phi) is 4.92. The first-order chi connectivity index (χ1) is 11.9. The summed E-state index contributed by atoms with van der Waals surface area (Å²) in [5.41, 5.74) is 0. The molecule has 0 amide bonds. The SMILES string of the molecule is Cn1cc(S(=O)(=O)NCC(=O)OCc2nc(-c3cccs3)no2)cn1. The standard InChI is InChI=1S/C13H13N5O5S2/c1-18-7-9(5-14-18)25(20,21)15-6-12(19)22-8-11-16-13(17-23-11)10-3-2-4-24-10/h2-5,7,15H,6,8H2,1H3. The molecule has 132 valence electrons. The van der Waals surface area contributed by atoms with Crippen molar-refractivity contribution < 1.29 is 22.5 Å². The zero-order chi connectivity index (χ0) is 17.9. The highest BCUT2D eigenvalue weighted by Gasteiger charge is 2.18. The number of esters is 1. The molecule has 0 saturated heterocycles. The monoisotopic (exact) mass is 383 g/mol. The molecule has 0 aliphatic carbocycles. The largest absolute Gasteiger partial charge is 0.455 e. The second-order valence-electron chi connectivity index (χ2n) is 4.82. The highest BCUT2D eigenvalue weighted by atomic mass is 32.2. The Balaban J connectivity index is 1.50. The van der Waals surface area contributed by atoms with E-state index >= 15 is 0 Å². The molecule has 12 heteroatoms. The van der Waals surface area contributed by atoms with Crippen LogP contribution in [0.4, 0.5) is 0 Å². The van der Waals surface area contributed by atoms with E-state index in [1.165, 1.54) is 28.4 Å². The first-order valence-electron chi connectivity index (χ1n) is 6.94. The van der Waals surface area contributed by atoms with Crippen molar-refractivity contribution in [1.82, 2.24) is 24.6 Å². The number of carbonyl (C=O) groups is 1. The number of rotatable bonds is 7. The summed E-state index contributed by atoms with van der Waals surface area (Å²) in [6, 6.07) is 3.68. The van der Waals surface area contributed by atoms with Crippen LogP contribution >= 0.6 is 11.3 Å². The van der Waals surface area contributed by atoms with E-state index in [0.29, 0.717) is 5.82 Å². The molecule has 0 aromatic carbocycles. The van der Waals surface area contributed by atoms with Crippen LogP contribution in [0, 0.1) is 0 Å². The van der Waals surface area contributed by atoms with Crippen LogP contribution < -0.4 is 4.72 Å². The number of nitrogens with zero attached hydrogens (tertiary/aromatic N) is 4. The van der Waals surface area contributed by atoms with Crippen LogP contribution in [-0.2, 0) is 33.2 Å². The first kappa shape index (κ1) is 17.3. The van der Waals surface area contributed by atoms with Gasteiger partial charge in [0.2, 0.25) is 15.8 Å². The summed E-state index contributed by atoms with van der Waals surface area (Å²) in [4.78, 5) is 16.6. The van der Waals surface area contributed by atoms with E-state index in [1.807, 2.05) is 17.5 Å². The average Bonchev–Trinajstić information content (AvgIpc) is 3.31. The number of carbonyl (C=O) groups excluding carboxylic acids is 1. The van der Waals surface area contributed by atoms with Gasteiger partial charge < -0.3 is 9.26 Å². The van der Waals surface area contributed by atoms with Gasteiger partial charge in [-0.1, -0.05) is 11.2 Å².